The molecule has 0 fully saturated rings. The van der Waals surface area contributed by atoms with Crippen molar-refractivity contribution < 1.29 is 14.3 Å². The minimum Gasteiger partial charge on any atom is -0.497 e. The number of benzene rings is 4. The van der Waals surface area contributed by atoms with Crippen LogP contribution in [0.5, 0.6) is 5.75 Å². The molecular weight excluding hydrogens is 426 g/mol. The highest BCUT2D eigenvalue weighted by Gasteiger charge is 2.34. The monoisotopic (exact) mass is 451 g/mol. The van der Waals surface area contributed by atoms with Gasteiger partial charge in [0.25, 0.3) is 11.8 Å². The van der Waals surface area contributed by atoms with E-state index in [-0.39, 0.29) is 11.8 Å². The highest BCUT2D eigenvalue weighted by atomic mass is 16.5. The summed E-state index contributed by atoms with van der Waals surface area (Å²) < 4.78 is 5.23. The second-order valence-corrected chi connectivity index (χ2v) is 8.63. The van der Waals surface area contributed by atoms with Gasteiger partial charge in [0.15, 0.2) is 0 Å². The van der Waals surface area contributed by atoms with E-state index in [9.17, 15) is 9.59 Å². The number of ether oxygens (including phenoxy) is 1. The van der Waals surface area contributed by atoms with Gasteiger partial charge in [-0.05, 0) is 72.9 Å². The first kappa shape index (κ1) is 21.8. The fraction of sp³-hybridized carbons (Fsp3) is 0.179. The normalized spacial score (nSPS) is 13.6. The molecule has 4 aromatic rings. The first-order chi connectivity index (χ1) is 16.5. The van der Waals surface area contributed by atoms with E-state index in [4.69, 9.17) is 9.73 Å². The number of nitrogens with zero attached hydrogens (tertiary/aromatic N) is 3. The summed E-state index contributed by atoms with van der Waals surface area (Å²) in [6.07, 6.45) is 1.78. The Balaban J connectivity index is 1.70. The first-order valence-electron chi connectivity index (χ1n) is 11.2. The van der Waals surface area contributed by atoms with Gasteiger partial charge in [0, 0.05) is 35.6 Å². The van der Waals surface area contributed by atoms with E-state index in [1.807, 2.05) is 79.7 Å². The maximum atomic E-state index is 13.8. The van der Waals surface area contributed by atoms with Crippen LogP contribution in [0.25, 0.3) is 21.5 Å². The van der Waals surface area contributed by atoms with Crippen molar-refractivity contribution in [1.29, 1.82) is 0 Å². The number of imide groups is 1. The van der Waals surface area contributed by atoms with Gasteiger partial charge in [-0.3, -0.25) is 19.5 Å². The van der Waals surface area contributed by atoms with Gasteiger partial charge in [-0.15, -0.1) is 0 Å². The number of hydrogen-bond donors (Lipinski definition) is 0. The molecule has 4 aromatic carbocycles. The third-order valence-electron chi connectivity index (χ3n) is 6.16. The molecule has 0 aromatic heterocycles. The summed E-state index contributed by atoms with van der Waals surface area (Å²) in [6, 6.07) is 21.1. The summed E-state index contributed by atoms with van der Waals surface area (Å²) in [5, 5.41) is 3.27. The van der Waals surface area contributed by atoms with E-state index in [0.717, 1.165) is 27.5 Å². The zero-order valence-electron chi connectivity index (χ0n) is 19.4. The Hall–Kier alpha value is -4.03. The minimum absolute atomic E-state index is 0.247. The zero-order valence-corrected chi connectivity index (χ0v) is 19.4. The number of amides is 2. The van der Waals surface area contributed by atoms with E-state index >= 15 is 0 Å². The highest BCUT2D eigenvalue weighted by molar-refractivity contribution is 6.31. The fourth-order valence-corrected chi connectivity index (χ4v) is 4.42. The summed E-state index contributed by atoms with van der Waals surface area (Å²) in [4.78, 5) is 35.1. The second kappa shape index (κ2) is 8.72. The van der Waals surface area contributed by atoms with Crippen LogP contribution >= 0.6 is 0 Å². The maximum Gasteiger partial charge on any atom is 0.262 e. The molecule has 2 amide bonds. The number of methoxy groups -OCH3 is 1. The molecule has 5 rings (SSSR count). The van der Waals surface area contributed by atoms with Crippen molar-refractivity contribution in [3.8, 4) is 5.75 Å². The van der Waals surface area contributed by atoms with E-state index < -0.39 is 0 Å². The third kappa shape index (κ3) is 3.72. The smallest absolute Gasteiger partial charge is 0.262 e. The lowest BCUT2D eigenvalue weighted by atomic mass is 9.89. The SMILES string of the molecule is COc1ccc(C=Nc2cccc3cc4cccc5c4c(c23)C(=O)N(CCN(C)C)C5=O)cc1. The molecule has 0 saturated carbocycles. The van der Waals surface area contributed by atoms with Crippen LogP contribution in [-0.4, -0.2) is 62.1 Å². The number of carbonyl (C=O) groups is 2. The summed E-state index contributed by atoms with van der Waals surface area (Å²) >= 11 is 0. The van der Waals surface area contributed by atoms with Crippen molar-refractivity contribution in [2.45, 2.75) is 0 Å². The molecule has 0 spiro atoms. The first-order valence-corrected chi connectivity index (χ1v) is 11.2. The van der Waals surface area contributed by atoms with E-state index in [0.29, 0.717) is 35.3 Å². The Morgan fingerprint density at radius 1 is 0.912 bits per heavy atom. The van der Waals surface area contributed by atoms with Crippen molar-refractivity contribution in [3.05, 3.63) is 83.4 Å². The van der Waals surface area contributed by atoms with Crippen molar-refractivity contribution in [2.75, 3.05) is 34.3 Å². The lowest BCUT2D eigenvalue weighted by Crippen LogP contribution is -2.43. The summed E-state index contributed by atoms with van der Waals surface area (Å²) in [6.45, 7) is 0.921. The molecule has 6 heteroatoms. The number of aliphatic imine (C=N–C) groups is 1. The lowest BCUT2D eigenvalue weighted by molar-refractivity contribution is 0.0602. The molecule has 0 unspecified atom stereocenters. The Bertz CT molecular complexity index is 1460. The molecule has 0 atom stereocenters. The lowest BCUT2D eigenvalue weighted by Gasteiger charge is -2.29. The van der Waals surface area contributed by atoms with Crippen LogP contribution in [0.4, 0.5) is 5.69 Å². The molecule has 0 saturated heterocycles. The van der Waals surface area contributed by atoms with Crippen molar-refractivity contribution in [1.82, 2.24) is 9.80 Å². The molecule has 1 heterocycles. The largest absolute Gasteiger partial charge is 0.497 e. The number of fused-ring (bicyclic) bond motifs is 2. The Morgan fingerprint density at radius 2 is 1.62 bits per heavy atom. The van der Waals surface area contributed by atoms with Gasteiger partial charge in [0.2, 0.25) is 0 Å². The van der Waals surface area contributed by atoms with Crippen LogP contribution in [0, 0.1) is 0 Å². The Labute approximate surface area is 198 Å². The van der Waals surface area contributed by atoms with Gasteiger partial charge >= 0.3 is 0 Å². The van der Waals surface area contributed by atoms with Crippen LogP contribution in [0.15, 0.2) is 71.7 Å². The highest BCUT2D eigenvalue weighted by Crippen LogP contribution is 2.39. The minimum atomic E-state index is -0.270. The second-order valence-electron chi connectivity index (χ2n) is 8.63. The van der Waals surface area contributed by atoms with Gasteiger partial charge in [-0.1, -0.05) is 24.3 Å². The van der Waals surface area contributed by atoms with Gasteiger partial charge in [0.1, 0.15) is 5.75 Å². The molecule has 0 bridgehead atoms. The van der Waals surface area contributed by atoms with E-state index in [1.54, 1.807) is 19.4 Å². The van der Waals surface area contributed by atoms with Gasteiger partial charge < -0.3 is 9.64 Å². The van der Waals surface area contributed by atoms with Gasteiger partial charge in [-0.2, -0.15) is 0 Å². The summed E-state index contributed by atoms with van der Waals surface area (Å²) in [5.74, 6) is 0.260. The average Bonchev–Trinajstić information content (AvgIpc) is 2.85. The quantitative estimate of drug-likeness (QED) is 0.237. The standard InChI is InChI=1S/C28H25N3O3/c1-30(2)14-15-31-27(32)22-8-4-6-19-16-20-7-5-9-23(25(20)26(24(19)22)28(31)33)29-17-18-10-12-21(34-3)13-11-18/h4-13,16-17H,14-15H2,1-3H3. The third-order valence-corrected chi connectivity index (χ3v) is 6.16. The van der Waals surface area contributed by atoms with Gasteiger partial charge in [-0.25, -0.2) is 0 Å². The van der Waals surface area contributed by atoms with Crippen molar-refractivity contribution in [3.63, 3.8) is 0 Å². The summed E-state index contributed by atoms with van der Waals surface area (Å²) in [7, 11) is 5.48. The number of rotatable bonds is 6. The van der Waals surface area contributed by atoms with Crippen LogP contribution in [-0.2, 0) is 0 Å². The molecule has 1 aliphatic heterocycles. The molecule has 1 aliphatic rings. The molecule has 170 valence electrons. The molecule has 0 N–H and O–H groups in total. The van der Waals surface area contributed by atoms with E-state index in [1.165, 1.54) is 4.90 Å². The van der Waals surface area contributed by atoms with Crippen LogP contribution in [0.2, 0.25) is 0 Å². The fourth-order valence-electron chi connectivity index (χ4n) is 4.42. The number of likely N-dealkylation sites (N-methyl/N-ethyl adjacent to an activating group) is 1. The molecule has 6 nitrogen and oxygen atoms in total. The predicted octanol–water partition coefficient (Wildman–Crippen LogP) is 4.91. The maximum absolute atomic E-state index is 13.8. The van der Waals surface area contributed by atoms with Crippen molar-refractivity contribution in [2.24, 2.45) is 4.99 Å². The number of hydrogen-bond acceptors (Lipinski definition) is 5. The molecule has 0 radical (unpaired) electrons. The molecular formula is C28H25N3O3. The van der Waals surface area contributed by atoms with Crippen molar-refractivity contribution >= 4 is 45.3 Å². The van der Waals surface area contributed by atoms with Gasteiger partial charge in [0.05, 0.1) is 18.4 Å². The molecule has 34 heavy (non-hydrogen) atoms. The number of carbonyl (C=O) groups excluding carboxylic acids is 2. The zero-order chi connectivity index (χ0) is 23.8. The summed E-state index contributed by atoms with van der Waals surface area (Å²) in [5.41, 5.74) is 2.71. The predicted molar refractivity (Wildman–Crippen MR) is 136 cm³/mol. The van der Waals surface area contributed by atoms with Crippen LogP contribution in [0.1, 0.15) is 26.3 Å². The Morgan fingerprint density at radius 3 is 2.32 bits per heavy atom. The molecule has 0 aliphatic carbocycles. The Kier molecular flexibility index (Phi) is 5.59. The van der Waals surface area contributed by atoms with Crippen LogP contribution in [0.3, 0.4) is 0 Å². The average molecular weight is 452 g/mol. The topological polar surface area (TPSA) is 62.2 Å². The van der Waals surface area contributed by atoms with Crippen LogP contribution < -0.4 is 4.74 Å². The van der Waals surface area contributed by atoms with E-state index in [2.05, 4.69) is 0 Å².